The van der Waals surface area contributed by atoms with Gasteiger partial charge in [-0.05, 0) is 55.6 Å². The predicted octanol–water partition coefficient (Wildman–Crippen LogP) is 3.86. The van der Waals surface area contributed by atoms with Crippen molar-refractivity contribution in [3.05, 3.63) is 30.3 Å². The van der Waals surface area contributed by atoms with Crippen molar-refractivity contribution in [3.8, 4) is 0 Å². The van der Waals surface area contributed by atoms with Crippen molar-refractivity contribution >= 4 is 35.6 Å². The van der Waals surface area contributed by atoms with Crippen molar-refractivity contribution in [2.75, 3.05) is 11.9 Å². The van der Waals surface area contributed by atoms with Crippen molar-refractivity contribution < 1.29 is 0 Å². The maximum Gasteiger partial charge on any atom is 0.193 e. The molecule has 0 radical (unpaired) electrons. The predicted molar refractivity (Wildman–Crippen MR) is 95.5 cm³/mol. The number of hydrogen-bond acceptors (Lipinski definition) is 1. The zero-order valence-electron chi connectivity index (χ0n) is 11.8. The molecule has 1 aromatic carbocycles. The molecule has 3 unspecified atom stereocenters. The summed E-state index contributed by atoms with van der Waals surface area (Å²) in [6.07, 6.45) is 7.05. The molecule has 1 aromatic rings. The number of para-hydroxylation sites is 1. The lowest BCUT2D eigenvalue weighted by Gasteiger charge is -2.20. The smallest absolute Gasteiger partial charge is 0.193 e. The molecule has 4 heteroatoms. The van der Waals surface area contributed by atoms with E-state index in [0.29, 0.717) is 5.96 Å². The molecule has 3 atom stereocenters. The first-order chi connectivity index (χ1) is 9.31. The summed E-state index contributed by atoms with van der Waals surface area (Å²) in [6, 6.07) is 9.97. The highest BCUT2D eigenvalue weighted by molar-refractivity contribution is 14.0. The molecule has 2 saturated carbocycles. The van der Waals surface area contributed by atoms with Crippen LogP contribution in [0.5, 0.6) is 0 Å². The molecule has 2 aliphatic carbocycles. The minimum absolute atomic E-state index is 0. The van der Waals surface area contributed by atoms with E-state index in [1.807, 2.05) is 30.3 Å². The molecule has 3 N–H and O–H groups in total. The van der Waals surface area contributed by atoms with E-state index in [1.54, 1.807) is 0 Å². The Hall–Kier alpha value is -0.780. The largest absolute Gasteiger partial charge is 0.370 e. The van der Waals surface area contributed by atoms with Crippen LogP contribution in [0.3, 0.4) is 0 Å². The Kier molecular flexibility index (Phi) is 5.69. The number of fused-ring (bicyclic) bond motifs is 2. The van der Waals surface area contributed by atoms with Gasteiger partial charge in [-0.15, -0.1) is 24.0 Å². The van der Waals surface area contributed by atoms with Gasteiger partial charge in [-0.3, -0.25) is 4.99 Å². The second kappa shape index (κ2) is 7.29. The van der Waals surface area contributed by atoms with Gasteiger partial charge in [-0.1, -0.05) is 24.6 Å². The maximum absolute atomic E-state index is 5.91. The summed E-state index contributed by atoms with van der Waals surface area (Å²) in [5.74, 6) is 3.46. The molecule has 3 nitrogen and oxygen atoms in total. The van der Waals surface area contributed by atoms with Crippen molar-refractivity contribution in [2.24, 2.45) is 28.5 Å². The van der Waals surface area contributed by atoms with Crippen molar-refractivity contribution in [1.82, 2.24) is 0 Å². The number of nitrogens with zero attached hydrogens (tertiary/aromatic N) is 1. The molecule has 0 aromatic heterocycles. The lowest BCUT2D eigenvalue weighted by Crippen LogP contribution is -2.23. The fraction of sp³-hybridized carbons (Fsp3) is 0.562. The summed E-state index contributed by atoms with van der Waals surface area (Å²) in [7, 11) is 0. The molecule has 2 bridgehead atoms. The summed E-state index contributed by atoms with van der Waals surface area (Å²) in [5.41, 5.74) is 6.91. The van der Waals surface area contributed by atoms with Crippen LogP contribution in [0.15, 0.2) is 35.3 Å². The van der Waals surface area contributed by atoms with Crippen molar-refractivity contribution in [3.63, 3.8) is 0 Å². The number of halogens is 1. The van der Waals surface area contributed by atoms with Gasteiger partial charge >= 0.3 is 0 Å². The van der Waals surface area contributed by atoms with Crippen LogP contribution in [-0.2, 0) is 0 Å². The molecule has 20 heavy (non-hydrogen) atoms. The third-order valence-electron chi connectivity index (χ3n) is 4.71. The van der Waals surface area contributed by atoms with Gasteiger partial charge in [0.1, 0.15) is 0 Å². The van der Waals surface area contributed by atoms with Crippen LogP contribution in [0, 0.1) is 17.8 Å². The standard InChI is InChI=1S/C16H23N3.HI/c17-16(19-15-4-2-1-3-5-15)18-9-8-14-11-12-6-7-13(14)10-12;/h1-5,12-14H,6-11H2,(H3,17,18,19);1H. The van der Waals surface area contributed by atoms with E-state index in [4.69, 9.17) is 5.73 Å². The molecule has 3 rings (SSSR count). The number of hydrogen-bond donors (Lipinski definition) is 2. The number of benzene rings is 1. The van der Waals surface area contributed by atoms with Crippen LogP contribution < -0.4 is 11.1 Å². The van der Waals surface area contributed by atoms with E-state index in [9.17, 15) is 0 Å². The van der Waals surface area contributed by atoms with E-state index in [-0.39, 0.29) is 24.0 Å². The van der Waals surface area contributed by atoms with Gasteiger partial charge < -0.3 is 11.1 Å². The lowest BCUT2D eigenvalue weighted by atomic mass is 9.86. The third-order valence-corrected chi connectivity index (χ3v) is 4.71. The van der Waals surface area contributed by atoms with Crippen LogP contribution in [0.4, 0.5) is 5.69 Å². The number of aliphatic imine (C=N–C) groups is 1. The topological polar surface area (TPSA) is 50.4 Å². The first kappa shape index (κ1) is 15.6. The Morgan fingerprint density at radius 2 is 2.00 bits per heavy atom. The van der Waals surface area contributed by atoms with E-state index in [2.05, 4.69) is 10.3 Å². The zero-order valence-corrected chi connectivity index (χ0v) is 14.1. The average molecular weight is 385 g/mol. The maximum atomic E-state index is 5.91. The highest BCUT2D eigenvalue weighted by atomic mass is 127. The lowest BCUT2D eigenvalue weighted by molar-refractivity contribution is 0.318. The minimum Gasteiger partial charge on any atom is -0.370 e. The first-order valence-corrected chi connectivity index (χ1v) is 7.43. The van der Waals surface area contributed by atoms with Gasteiger partial charge in [0.2, 0.25) is 0 Å². The normalized spacial score (nSPS) is 28.2. The molecular formula is C16H24IN3. The highest BCUT2D eigenvalue weighted by Crippen LogP contribution is 2.49. The van der Waals surface area contributed by atoms with Gasteiger partial charge in [-0.2, -0.15) is 0 Å². The Labute approximate surface area is 138 Å². The second-order valence-electron chi connectivity index (χ2n) is 5.98. The molecule has 0 heterocycles. The van der Waals surface area contributed by atoms with E-state index < -0.39 is 0 Å². The number of anilines is 1. The van der Waals surface area contributed by atoms with Gasteiger partial charge in [0.05, 0.1) is 0 Å². The molecule has 0 amide bonds. The minimum atomic E-state index is 0. The van der Waals surface area contributed by atoms with Gasteiger partial charge in [0.15, 0.2) is 5.96 Å². The molecule has 0 spiro atoms. The van der Waals surface area contributed by atoms with E-state index >= 15 is 0 Å². The Bertz CT molecular complexity index is 446. The fourth-order valence-electron chi connectivity index (χ4n) is 3.79. The van der Waals surface area contributed by atoms with Crippen LogP contribution in [-0.4, -0.2) is 12.5 Å². The summed E-state index contributed by atoms with van der Waals surface area (Å²) >= 11 is 0. The van der Waals surface area contributed by atoms with Crippen LogP contribution >= 0.6 is 24.0 Å². The van der Waals surface area contributed by atoms with Crippen molar-refractivity contribution in [1.29, 1.82) is 0 Å². The monoisotopic (exact) mass is 385 g/mol. The van der Waals surface area contributed by atoms with Gasteiger partial charge in [0, 0.05) is 12.2 Å². The Balaban J connectivity index is 0.00000147. The van der Waals surface area contributed by atoms with Crippen molar-refractivity contribution in [2.45, 2.75) is 32.1 Å². The zero-order chi connectivity index (χ0) is 13.1. The van der Waals surface area contributed by atoms with E-state index in [0.717, 1.165) is 30.0 Å². The quantitative estimate of drug-likeness (QED) is 0.470. The van der Waals surface area contributed by atoms with Crippen LogP contribution in [0.1, 0.15) is 32.1 Å². The summed E-state index contributed by atoms with van der Waals surface area (Å²) in [4.78, 5) is 4.45. The Morgan fingerprint density at radius 3 is 2.65 bits per heavy atom. The fourth-order valence-corrected chi connectivity index (χ4v) is 3.79. The number of guanidine groups is 1. The van der Waals surface area contributed by atoms with Crippen LogP contribution in [0.25, 0.3) is 0 Å². The molecule has 110 valence electrons. The summed E-state index contributed by atoms with van der Waals surface area (Å²) in [5, 5.41) is 3.13. The molecule has 0 saturated heterocycles. The number of rotatable bonds is 4. The van der Waals surface area contributed by atoms with Gasteiger partial charge in [-0.25, -0.2) is 0 Å². The summed E-state index contributed by atoms with van der Waals surface area (Å²) < 4.78 is 0. The van der Waals surface area contributed by atoms with E-state index in [1.165, 1.54) is 32.1 Å². The number of nitrogens with two attached hydrogens (primary N) is 1. The van der Waals surface area contributed by atoms with Gasteiger partial charge in [0.25, 0.3) is 0 Å². The highest BCUT2D eigenvalue weighted by Gasteiger charge is 2.38. The SMILES string of the molecule is I.NC(=NCCC1CC2CCC1C2)Nc1ccccc1. The second-order valence-corrected chi connectivity index (χ2v) is 5.98. The number of nitrogens with one attached hydrogen (secondary N) is 1. The molecule has 2 fully saturated rings. The molecule has 0 aliphatic heterocycles. The van der Waals surface area contributed by atoms with Crippen LogP contribution in [0.2, 0.25) is 0 Å². The third kappa shape index (κ3) is 3.87. The molecular weight excluding hydrogens is 361 g/mol. The first-order valence-electron chi connectivity index (χ1n) is 7.43. The molecule has 2 aliphatic rings. The average Bonchev–Trinajstić information content (AvgIpc) is 3.02. The Morgan fingerprint density at radius 1 is 1.20 bits per heavy atom. The summed E-state index contributed by atoms with van der Waals surface area (Å²) in [6.45, 7) is 0.861.